The molecule has 110 valence electrons. The number of hydrogen-bond acceptors (Lipinski definition) is 5. The summed E-state index contributed by atoms with van der Waals surface area (Å²) in [5.41, 5.74) is -0.515. The molecule has 0 radical (unpaired) electrons. The first-order valence-electron chi connectivity index (χ1n) is 6.51. The molecule has 0 bridgehead atoms. The fourth-order valence-corrected chi connectivity index (χ4v) is 3.26. The summed E-state index contributed by atoms with van der Waals surface area (Å²) < 4.78 is 17.6. The van der Waals surface area contributed by atoms with Crippen LogP contribution >= 0.6 is 0 Å². The van der Waals surface area contributed by atoms with E-state index in [9.17, 15) is 9.00 Å². The van der Waals surface area contributed by atoms with Crippen LogP contribution in [-0.4, -0.2) is 49.1 Å². The predicted octanol–water partition coefficient (Wildman–Crippen LogP) is 1.59. The Morgan fingerprint density at radius 2 is 2.20 bits per heavy atom. The SMILES string of the molecule is CC(C)(C)OC(=O)N1CC[C@H]([S@@](=O)c2cnccn2)C1. The van der Waals surface area contributed by atoms with Gasteiger partial charge in [0.1, 0.15) is 10.6 Å². The zero-order valence-electron chi connectivity index (χ0n) is 11.9. The zero-order valence-corrected chi connectivity index (χ0v) is 12.7. The van der Waals surface area contributed by atoms with Crippen molar-refractivity contribution in [1.29, 1.82) is 0 Å². The molecule has 1 aliphatic rings. The van der Waals surface area contributed by atoms with Crippen molar-refractivity contribution >= 4 is 16.9 Å². The molecule has 0 N–H and O–H groups in total. The van der Waals surface area contributed by atoms with Crippen LogP contribution in [0.5, 0.6) is 0 Å². The maximum Gasteiger partial charge on any atom is 0.410 e. The van der Waals surface area contributed by atoms with Crippen LogP contribution in [0.4, 0.5) is 4.79 Å². The lowest BCUT2D eigenvalue weighted by Gasteiger charge is -2.24. The molecule has 2 atom stereocenters. The molecule has 0 saturated carbocycles. The Morgan fingerprint density at radius 1 is 1.45 bits per heavy atom. The molecule has 6 nitrogen and oxygen atoms in total. The van der Waals surface area contributed by atoms with Crippen LogP contribution in [0.1, 0.15) is 27.2 Å². The molecule has 1 fully saturated rings. The highest BCUT2D eigenvalue weighted by atomic mass is 32.2. The number of rotatable bonds is 2. The number of hydrogen-bond donors (Lipinski definition) is 0. The molecule has 1 amide bonds. The van der Waals surface area contributed by atoms with Gasteiger partial charge < -0.3 is 9.64 Å². The van der Waals surface area contributed by atoms with E-state index in [0.717, 1.165) is 0 Å². The molecule has 20 heavy (non-hydrogen) atoms. The van der Waals surface area contributed by atoms with Gasteiger partial charge in [0.2, 0.25) is 0 Å². The molecule has 0 aliphatic carbocycles. The summed E-state index contributed by atoms with van der Waals surface area (Å²) in [6.07, 6.45) is 4.90. The van der Waals surface area contributed by atoms with Crippen LogP contribution in [0.15, 0.2) is 23.6 Å². The highest BCUT2D eigenvalue weighted by molar-refractivity contribution is 7.85. The van der Waals surface area contributed by atoms with Crippen molar-refractivity contribution in [3.05, 3.63) is 18.6 Å². The maximum absolute atomic E-state index is 12.3. The molecule has 7 heteroatoms. The first-order valence-corrected chi connectivity index (χ1v) is 7.72. The van der Waals surface area contributed by atoms with E-state index >= 15 is 0 Å². The fraction of sp³-hybridized carbons (Fsp3) is 0.615. The van der Waals surface area contributed by atoms with Gasteiger partial charge in [0.25, 0.3) is 0 Å². The van der Waals surface area contributed by atoms with Crippen LogP contribution < -0.4 is 0 Å². The minimum atomic E-state index is -1.24. The number of likely N-dealkylation sites (tertiary alicyclic amines) is 1. The Hall–Kier alpha value is -1.50. The lowest BCUT2D eigenvalue weighted by molar-refractivity contribution is 0.0295. The second-order valence-corrected chi connectivity index (χ2v) is 7.36. The Kier molecular flexibility index (Phi) is 4.37. The third-order valence-electron chi connectivity index (χ3n) is 2.85. The summed E-state index contributed by atoms with van der Waals surface area (Å²) in [5, 5.41) is 0.350. The summed E-state index contributed by atoms with van der Waals surface area (Å²) in [5.74, 6) is 0. The molecule has 2 heterocycles. The maximum atomic E-state index is 12.3. The molecule has 1 aromatic rings. The third kappa shape index (κ3) is 3.75. The first kappa shape index (κ1) is 14.9. The summed E-state index contributed by atoms with van der Waals surface area (Å²) in [6, 6.07) is 0. The second-order valence-electron chi connectivity index (χ2n) is 5.68. The van der Waals surface area contributed by atoms with Crippen LogP contribution in [0.25, 0.3) is 0 Å². The van der Waals surface area contributed by atoms with Gasteiger partial charge in [-0.2, -0.15) is 0 Å². The van der Waals surface area contributed by atoms with Crippen molar-refractivity contribution in [3.8, 4) is 0 Å². The van der Waals surface area contributed by atoms with E-state index < -0.39 is 16.4 Å². The Bertz CT molecular complexity index is 501. The van der Waals surface area contributed by atoms with Gasteiger partial charge in [-0.15, -0.1) is 0 Å². The smallest absolute Gasteiger partial charge is 0.410 e. The quantitative estimate of drug-likeness (QED) is 0.829. The molecule has 0 unspecified atom stereocenters. The minimum absolute atomic E-state index is 0.112. The Morgan fingerprint density at radius 3 is 2.80 bits per heavy atom. The van der Waals surface area contributed by atoms with Crippen LogP contribution in [0, 0.1) is 0 Å². The van der Waals surface area contributed by atoms with E-state index in [-0.39, 0.29) is 11.3 Å². The number of aromatic nitrogens is 2. The van der Waals surface area contributed by atoms with Gasteiger partial charge >= 0.3 is 6.09 Å². The molecule has 0 spiro atoms. The molecule has 2 rings (SSSR count). The van der Waals surface area contributed by atoms with E-state index in [1.54, 1.807) is 11.1 Å². The van der Waals surface area contributed by atoms with Gasteiger partial charge in [0.05, 0.1) is 22.2 Å². The van der Waals surface area contributed by atoms with E-state index in [4.69, 9.17) is 4.74 Å². The zero-order chi connectivity index (χ0) is 14.8. The van der Waals surface area contributed by atoms with Gasteiger partial charge in [0, 0.05) is 25.5 Å². The average molecular weight is 297 g/mol. The molecular weight excluding hydrogens is 278 g/mol. The van der Waals surface area contributed by atoms with Crippen molar-refractivity contribution in [2.24, 2.45) is 0 Å². The summed E-state index contributed by atoms with van der Waals surface area (Å²) in [6.45, 7) is 6.48. The molecule has 0 aromatic carbocycles. The largest absolute Gasteiger partial charge is 0.444 e. The van der Waals surface area contributed by atoms with Crippen molar-refractivity contribution in [2.45, 2.75) is 43.1 Å². The van der Waals surface area contributed by atoms with Gasteiger partial charge in [-0.25, -0.2) is 9.78 Å². The van der Waals surface area contributed by atoms with Gasteiger partial charge in [-0.05, 0) is 27.2 Å². The highest BCUT2D eigenvalue weighted by Gasteiger charge is 2.33. The Labute approximate surface area is 121 Å². The molecule has 1 aromatic heterocycles. The van der Waals surface area contributed by atoms with E-state index in [1.807, 2.05) is 20.8 Å². The average Bonchev–Trinajstić information content (AvgIpc) is 2.86. The van der Waals surface area contributed by atoms with Crippen molar-refractivity contribution in [2.75, 3.05) is 13.1 Å². The predicted molar refractivity (Wildman–Crippen MR) is 74.7 cm³/mol. The van der Waals surface area contributed by atoms with Crippen molar-refractivity contribution in [1.82, 2.24) is 14.9 Å². The van der Waals surface area contributed by atoms with E-state index in [0.29, 0.717) is 24.5 Å². The minimum Gasteiger partial charge on any atom is -0.444 e. The number of ether oxygens (including phenoxy) is 1. The van der Waals surface area contributed by atoms with E-state index in [2.05, 4.69) is 9.97 Å². The standard InChI is InChI=1S/C13H19N3O3S/c1-13(2,3)19-12(17)16-7-4-10(9-16)20(18)11-8-14-5-6-15-11/h5-6,8,10H,4,7,9H2,1-3H3/t10-,20+/m0/s1. The summed E-state index contributed by atoms with van der Waals surface area (Å²) in [4.78, 5) is 21.5. The van der Waals surface area contributed by atoms with Crippen LogP contribution in [0.2, 0.25) is 0 Å². The lowest BCUT2D eigenvalue weighted by Crippen LogP contribution is -2.36. The molecule has 1 aliphatic heterocycles. The molecular formula is C13H19N3O3S. The number of amides is 1. The number of carbonyl (C=O) groups excluding carboxylic acids is 1. The Balaban J connectivity index is 1.96. The monoisotopic (exact) mass is 297 g/mol. The summed E-state index contributed by atoms with van der Waals surface area (Å²) >= 11 is 0. The topological polar surface area (TPSA) is 72.4 Å². The normalized spacial score (nSPS) is 20.8. The summed E-state index contributed by atoms with van der Waals surface area (Å²) in [7, 11) is -1.24. The number of carbonyl (C=O) groups is 1. The van der Waals surface area contributed by atoms with E-state index in [1.165, 1.54) is 12.4 Å². The van der Waals surface area contributed by atoms with Gasteiger partial charge in [0.15, 0.2) is 0 Å². The van der Waals surface area contributed by atoms with Crippen molar-refractivity contribution < 1.29 is 13.7 Å². The first-order chi connectivity index (χ1) is 9.37. The van der Waals surface area contributed by atoms with Crippen LogP contribution in [-0.2, 0) is 15.5 Å². The lowest BCUT2D eigenvalue weighted by atomic mass is 10.2. The second kappa shape index (κ2) is 5.87. The van der Waals surface area contributed by atoms with Crippen LogP contribution in [0.3, 0.4) is 0 Å². The fourth-order valence-electron chi connectivity index (χ4n) is 1.96. The van der Waals surface area contributed by atoms with Crippen molar-refractivity contribution in [3.63, 3.8) is 0 Å². The molecule has 1 saturated heterocycles. The van der Waals surface area contributed by atoms with Gasteiger partial charge in [-0.1, -0.05) is 0 Å². The highest BCUT2D eigenvalue weighted by Crippen LogP contribution is 2.21. The number of nitrogens with zero attached hydrogens (tertiary/aromatic N) is 3. The van der Waals surface area contributed by atoms with Gasteiger partial charge in [-0.3, -0.25) is 9.19 Å². The third-order valence-corrected chi connectivity index (χ3v) is 4.46.